The molecular weight excluding hydrogens is 244 g/mol. The highest BCUT2D eigenvalue weighted by Crippen LogP contribution is 2.24. The number of nitrogens with zero attached hydrogens (tertiary/aromatic N) is 1. The lowest BCUT2D eigenvalue weighted by Crippen LogP contribution is -2.50. The van der Waals surface area contributed by atoms with Gasteiger partial charge in [0.1, 0.15) is 5.75 Å². The average molecular weight is 268 g/mol. The number of aryl methyl sites for hydroxylation is 1. The van der Waals surface area contributed by atoms with Crippen molar-refractivity contribution in [2.45, 2.75) is 39.3 Å². The van der Waals surface area contributed by atoms with Crippen LogP contribution < -0.4 is 10.1 Å². The minimum Gasteiger partial charge on any atom is -0.496 e. The highest BCUT2D eigenvalue weighted by molar-refractivity contribution is 5.41. The number of nitrogens with one attached hydrogen (secondary N) is 1. The fraction of sp³-hybridized carbons (Fsp3) is 0.643. The number of aliphatic hydroxyl groups excluding tert-OH is 2. The van der Waals surface area contributed by atoms with Crippen LogP contribution >= 0.6 is 0 Å². The molecule has 1 rings (SSSR count). The third-order valence-electron chi connectivity index (χ3n) is 3.66. The summed E-state index contributed by atoms with van der Waals surface area (Å²) in [5, 5.41) is 22.0. The van der Waals surface area contributed by atoms with E-state index in [0.29, 0.717) is 13.0 Å². The molecule has 0 bridgehead atoms. The number of hydrogen-bond donors (Lipinski definition) is 3. The Kier molecular flexibility index (Phi) is 5.72. The molecule has 5 nitrogen and oxygen atoms in total. The van der Waals surface area contributed by atoms with Crippen molar-refractivity contribution in [2.75, 3.05) is 20.3 Å². The molecule has 0 aliphatic rings. The van der Waals surface area contributed by atoms with Crippen LogP contribution in [0.2, 0.25) is 0 Å². The average Bonchev–Trinajstić information content (AvgIpc) is 2.43. The molecule has 5 heteroatoms. The SMILES string of the molecule is CCC(CO)(CO)NCc1ncc(C)c(OC)c1C. The number of hydrogen-bond acceptors (Lipinski definition) is 5. The van der Waals surface area contributed by atoms with Crippen LogP contribution in [-0.2, 0) is 6.54 Å². The lowest BCUT2D eigenvalue weighted by atomic mass is 9.98. The Bertz CT molecular complexity index is 409. The minimum absolute atomic E-state index is 0.109. The molecule has 19 heavy (non-hydrogen) atoms. The van der Waals surface area contributed by atoms with Gasteiger partial charge in [-0.05, 0) is 20.3 Å². The van der Waals surface area contributed by atoms with Gasteiger partial charge in [-0.1, -0.05) is 6.92 Å². The first-order chi connectivity index (χ1) is 9.03. The number of rotatable bonds is 7. The molecule has 1 aromatic heterocycles. The largest absolute Gasteiger partial charge is 0.496 e. The Morgan fingerprint density at radius 3 is 2.42 bits per heavy atom. The molecule has 3 N–H and O–H groups in total. The molecule has 1 aromatic rings. The fourth-order valence-corrected chi connectivity index (χ4v) is 2.03. The highest BCUT2D eigenvalue weighted by Gasteiger charge is 2.26. The molecule has 0 aliphatic carbocycles. The van der Waals surface area contributed by atoms with Crippen molar-refractivity contribution in [1.29, 1.82) is 0 Å². The Morgan fingerprint density at radius 2 is 1.95 bits per heavy atom. The van der Waals surface area contributed by atoms with Crippen LogP contribution in [0.5, 0.6) is 5.75 Å². The van der Waals surface area contributed by atoms with E-state index < -0.39 is 5.54 Å². The Balaban J connectivity index is 2.89. The second-order valence-corrected chi connectivity index (χ2v) is 4.85. The zero-order valence-corrected chi connectivity index (χ0v) is 12.2. The lowest BCUT2D eigenvalue weighted by molar-refractivity contribution is 0.0860. The Labute approximate surface area is 114 Å². The zero-order valence-electron chi connectivity index (χ0n) is 12.2. The van der Waals surface area contributed by atoms with Gasteiger partial charge in [-0.25, -0.2) is 0 Å². The number of ether oxygens (including phenoxy) is 1. The molecule has 0 radical (unpaired) electrons. The number of aromatic nitrogens is 1. The van der Waals surface area contributed by atoms with Gasteiger partial charge in [-0.2, -0.15) is 0 Å². The molecule has 0 atom stereocenters. The van der Waals surface area contributed by atoms with Gasteiger partial charge >= 0.3 is 0 Å². The second kappa shape index (κ2) is 6.84. The van der Waals surface area contributed by atoms with Gasteiger partial charge in [0, 0.05) is 23.9 Å². The molecule has 0 aromatic carbocycles. The van der Waals surface area contributed by atoms with Gasteiger partial charge in [-0.3, -0.25) is 4.98 Å². The summed E-state index contributed by atoms with van der Waals surface area (Å²) < 4.78 is 5.36. The van der Waals surface area contributed by atoms with Gasteiger partial charge in [0.05, 0.1) is 31.6 Å². The molecule has 0 spiro atoms. The molecule has 0 saturated heterocycles. The van der Waals surface area contributed by atoms with Crippen LogP contribution in [0.1, 0.15) is 30.2 Å². The first kappa shape index (κ1) is 15.9. The topological polar surface area (TPSA) is 74.6 Å². The molecule has 0 amide bonds. The summed E-state index contributed by atoms with van der Waals surface area (Å²) in [5.74, 6) is 0.835. The molecule has 0 unspecified atom stereocenters. The summed E-state index contributed by atoms with van der Waals surface area (Å²) in [7, 11) is 1.64. The van der Waals surface area contributed by atoms with Gasteiger partial charge in [0.2, 0.25) is 0 Å². The highest BCUT2D eigenvalue weighted by atomic mass is 16.5. The summed E-state index contributed by atoms with van der Waals surface area (Å²) in [6, 6.07) is 0. The van der Waals surface area contributed by atoms with Crippen molar-refractivity contribution in [3.63, 3.8) is 0 Å². The third kappa shape index (κ3) is 3.43. The van der Waals surface area contributed by atoms with Crippen LogP contribution in [0.15, 0.2) is 6.20 Å². The van der Waals surface area contributed by atoms with Crippen LogP contribution in [0.3, 0.4) is 0 Å². The van der Waals surface area contributed by atoms with Gasteiger partial charge < -0.3 is 20.3 Å². The first-order valence-corrected chi connectivity index (χ1v) is 6.49. The second-order valence-electron chi connectivity index (χ2n) is 4.85. The summed E-state index contributed by atoms with van der Waals surface area (Å²) in [5.41, 5.74) is 2.18. The normalized spacial score (nSPS) is 11.7. The Hall–Kier alpha value is -1.17. The van der Waals surface area contributed by atoms with Crippen molar-refractivity contribution >= 4 is 0 Å². The van der Waals surface area contributed by atoms with E-state index in [4.69, 9.17) is 4.74 Å². The third-order valence-corrected chi connectivity index (χ3v) is 3.66. The Morgan fingerprint density at radius 1 is 1.32 bits per heavy atom. The van der Waals surface area contributed by atoms with Gasteiger partial charge in [0.15, 0.2) is 0 Å². The van der Waals surface area contributed by atoms with E-state index in [0.717, 1.165) is 22.6 Å². The summed E-state index contributed by atoms with van der Waals surface area (Å²) >= 11 is 0. The van der Waals surface area contributed by atoms with E-state index >= 15 is 0 Å². The monoisotopic (exact) mass is 268 g/mol. The van der Waals surface area contributed by atoms with Crippen molar-refractivity contribution in [1.82, 2.24) is 10.3 Å². The maximum Gasteiger partial charge on any atom is 0.128 e. The molecule has 1 heterocycles. The maximum absolute atomic E-state index is 9.40. The minimum atomic E-state index is -0.660. The number of methoxy groups -OCH3 is 1. The lowest BCUT2D eigenvalue weighted by Gasteiger charge is -2.30. The molecule has 0 aliphatic heterocycles. The van der Waals surface area contributed by atoms with Crippen molar-refractivity contribution in [3.05, 3.63) is 23.0 Å². The predicted molar refractivity (Wildman–Crippen MR) is 74.3 cm³/mol. The van der Waals surface area contributed by atoms with Gasteiger partial charge in [-0.15, -0.1) is 0 Å². The van der Waals surface area contributed by atoms with E-state index in [1.54, 1.807) is 13.3 Å². The van der Waals surface area contributed by atoms with E-state index in [1.165, 1.54) is 0 Å². The number of aliphatic hydroxyl groups is 2. The van der Waals surface area contributed by atoms with Gasteiger partial charge in [0.25, 0.3) is 0 Å². The summed E-state index contributed by atoms with van der Waals surface area (Å²) in [6.07, 6.45) is 2.41. The maximum atomic E-state index is 9.40. The van der Waals surface area contributed by atoms with Crippen LogP contribution in [-0.4, -0.2) is 41.1 Å². The molecule has 0 fully saturated rings. The number of pyridine rings is 1. The predicted octanol–water partition coefficient (Wildman–Crippen LogP) is 0.930. The zero-order chi connectivity index (χ0) is 14.5. The van der Waals surface area contributed by atoms with E-state index in [-0.39, 0.29) is 13.2 Å². The molecule has 0 saturated carbocycles. The quantitative estimate of drug-likeness (QED) is 0.686. The van der Waals surface area contributed by atoms with E-state index in [2.05, 4.69) is 10.3 Å². The molecular formula is C14H24N2O3. The summed E-state index contributed by atoms with van der Waals surface area (Å²) in [6.45, 7) is 6.10. The van der Waals surface area contributed by atoms with Crippen LogP contribution in [0.25, 0.3) is 0 Å². The van der Waals surface area contributed by atoms with Crippen LogP contribution in [0.4, 0.5) is 0 Å². The van der Waals surface area contributed by atoms with Crippen LogP contribution in [0, 0.1) is 13.8 Å². The first-order valence-electron chi connectivity index (χ1n) is 6.49. The van der Waals surface area contributed by atoms with Crippen molar-refractivity contribution < 1.29 is 14.9 Å². The van der Waals surface area contributed by atoms with Crippen molar-refractivity contribution in [3.8, 4) is 5.75 Å². The van der Waals surface area contributed by atoms with E-state index in [1.807, 2.05) is 20.8 Å². The van der Waals surface area contributed by atoms with E-state index in [9.17, 15) is 10.2 Å². The smallest absolute Gasteiger partial charge is 0.128 e. The summed E-state index contributed by atoms with van der Waals surface area (Å²) in [4.78, 5) is 4.39. The standard InChI is InChI=1S/C14H24N2O3/c1-5-14(8-17,9-18)16-7-12-11(3)13(19-4)10(2)6-15-12/h6,16-18H,5,7-9H2,1-4H3. The fourth-order valence-electron chi connectivity index (χ4n) is 2.03. The molecule has 108 valence electrons. The van der Waals surface area contributed by atoms with Crippen molar-refractivity contribution in [2.24, 2.45) is 0 Å².